The maximum Gasteiger partial charge on any atom is 0.243 e. The van der Waals surface area contributed by atoms with Gasteiger partial charge in [-0.05, 0) is 25.8 Å². The molecule has 0 saturated carbocycles. The van der Waals surface area contributed by atoms with Crippen LogP contribution >= 0.6 is 12.4 Å². The summed E-state index contributed by atoms with van der Waals surface area (Å²) in [6.45, 7) is 2.60. The molecule has 1 aromatic rings. The third kappa shape index (κ3) is 2.78. The minimum atomic E-state index is 0. The zero-order valence-corrected chi connectivity index (χ0v) is 10.5. The van der Waals surface area contributed by atoms with Gasteiger partial charge < -0.3 is 14.6 Å². The van der Waals surface area contributed by atoms with Gasteiger partial charge in [-0.1, -0.05) is 11.6 Å². The topological polar surface area (TPSA) is 60.2 Å². The van der Waals surface area contributed by atoms with Crippen LogP contribution in [0.15, 0.2) is 4.52 Å². The Labute approximate surface area is 107 Å². The lowest BCUT2D eigenvalue weighted by molar-refractivity contribution is 0.192. The smallest absolute Gasteiger partial charge is 0.243 e. The average molecular weight is 260 g/mol. The summed E-state index contributed by atoms with van der Waals surface area (Å²) in [6, 6.07) is 0.261. The molecule has 1 N–H and O–H groups in total. The lowest BCUT2D eigenvalue weighted by Gasteiger charge is -2.19. The number of aromatic nitrogens is 2. The van der Waals surface area contributed by atoms with E-state index in [0.717, 1.165) is 44.3 Å². The molecule has 1 aromatic heterocycles. The zero-order valence-electron chi connectivity index (χ0n) is 9.72. The van der Waals surface area contributed by atoms with Gasteiger partial charge in [-0.15, -0.1) is 12.4 Å². The molecule has 0 bridgehead atoms. The van der Waals surface area contributed by atoms with Crippen molar-refractivity contribution >= 4 is 12.4 Å². The van der Waals surface area contributed by atoms with Crippen molar-refractivity contribution < 1.29 is 9.26 Å². The highest BCUT2D eigenvalue weighted by molar-refractivity contribution is 5.85. The number of halogens is 1. The molecule has 2 fully saturated rings. The lowest BCUT2D eigenvalue weighted by Crippen LogP contribution is -2.27. The van der Waals surface area contributed by atoms with Crippen molar-refractivity contribution in [2.45, 2.75) is 37.6 Å². The standard InChI is InChI=1S/C11H17N3O2.ClH/c1-2-5-12-9(3-1)11-13-10(14-16-11)8-4-6-15-7-8;/h8-9,12H,1-7H2;1H/t8?,9-;/m1./s1. The van der Waals surface area contributed by atoms with Crippen LogP contribution in [0.2, 0.25) is 0 Å². The van der Waals surface area contributed by atoms with Crippen LogP contribution < -0.4 is 5.32 Å². The van der Waals surface area contributed by atoms with E-state index < -0.39 is 0 Å². The Bertz CT molecular complexity index is 346. The summed E-state index contributed by atoms with van der Waals surface area (Å²) in [6.07, 6.45) is 4.59. The Morgan fingerprint density at radius 1 is 1.24 bits per heavy atom. The summed E-state index contributed by atoms with van der Waals surface area (Å²) in [5.74, 6) is 1.91. The molecular formula is C11H18ClN3O2. The van der Waals surface area contributed by atoms with Crippen LogP contribution in [-0.2, 0) is 4.74 Å². The summed E-state index contributed by atoms with van der Waals surface area (Å²) >= 11 is 0. The SMILES string of the molecule is C1CC[C@H](c2nc(C3CCOC3)no2)NC1.Cl. The number of hydrogen-bond acceptors (Lipinski definition) is 5. The van der Waals surface area contributed by atoms with Gasteiger partial charge >= 0.3 is 0 Å². The molecule has 2 aliphatic rings. The Hall–Kier alpha value is -0.650. The summed E-state index contributed by atoms with van der Waals surface area (Å²) in [5.41, 5.74) is 0. The quantitative estimate of drug-likeness (QED) is 0.878. The van der Waals surface area contributed by atoms with Gasteiger partial charge in [0.2, 0.25) is 5.89 Å². The first kappa shape index (κ1) is 12.8. The van der Waals surface area contributed by atoms with Crippen LogP contribution in [-0.4, -0.2) is 29.9 Å². The third-order valence-electron chi connectivity index (χ3n) is 3.36. The van der Waals surface area contributed by atoms with Crippen molar-refractivity contribution in [2.75, 3.05) is 19.8 Å². The molecule has 6 heteroatoms. The number of nitrogens with one attached hydrogen (secondary N) is 1. The molecule has 0 radical (unpaired) electrons. The van der Waals surface area contributed by atoms with E-state index in [1.165, 1.54) is 12.8 Å². The van der Waals surface area contributed by atoms with E-state index in [1.807, 2.05) is 0 Å². The molecule has 0 amide bonds. The van der Waals surface area contributed by atoms with Crippen LogP contribution in [0.25, 0.3) is 0 Å². The Morgan fingerprint density at radius 3 is 2.88 bits per heavy atom. The highest BCUT2D eigenvalue weighted by Gasteiger charge is 2.26. The molecule has 17 heavy (non-hydrogen) atoms. The van der Waals surface area contributed by atoms with Crippen LogP contribution in [0.1, 0.15) is 49.4 Å². The van der Waals surface area contributed by atoms with E-state index in [9.17, 15) is 0 Å². The maximum absolute atomic E-state index is 5.34. The van der Waals surface area contributed by atoms with Gasteiger partial charge in [0, 0.05) is 12.5 Å². The molecule has 0 aromatic carbocycles. The number of piperidine rings is 1. The summed E-state index contributed by atoms with van der Waals surface area (Å²) in [5, 5.41) is 7.48. The van der Waals surface area contributed by atoms with E-state index >= 15 is 0 Å². The van der Waals surface area contributed by atoms with Crippen molar-refractivity contribution in [1.82, 2.24) is 15.5 Å². The molecule has 2 aliphatic heterocycles. The van der Waals surface area contributed by atoms with Gasteiger partial charge in [-0.2, -0.15) is 4.98 Å². The normalized spacial score (nSPS) is 28.9. The Kier molecular flexibility index (Phi) is 4.36. The molecule has 96 valence electrons. The van der Waals surface area contributed by atoms with Crippen molar-refractivity contribution in [3.63, 3.8) is 0 Å². The third-order valence-corrected chi connectivity index (χ3v) is 3.36. The second kappa shape index (κ2) is 5.80. The predicted octanol–water partition coefficient (Wildman–Crippen LogP) is 1.81. The van der Waals surface area contributed by atoms with Crippen molar-refractivity contribution in [3.05, 3.63) is 11.7 Å². The molecule has 5 nitrogen and oxygen atoms in total. The van der Waals surface area contributed by atoms with Gasteiger partial charge in [0.1, 0.15) is 0 Å². The van der Waals surface area contributed by atoms with E-state index in [4.69, 9.17) is 9.26 Å². The van der Waals surface area contributed by atoms with Gasteiger partial charge in [0.15, 0.2) is 5.82 Å². The molecule has 2 saturated heterocycles. The number of rotatable bonds is 2. The minimum absolute atomic E-state index is 0. The largest absolute Gasteiger partial charge is 0.381 e. The van der Waals surface area contributed by atoms with Gasteiger partial charge in [-0.25, -0.2) is 0 Å². The van der Waals surface area contributed by atoms with E-state index in [0.29, 0.717) is 5.92 Å². The van der Waals surface area contributed by atoms with Gasteiger partial charge in [0.05, 0.1) is 12.6 Å². The first-order valence-electron chi connectivity index (χ1n) is 6.08. The van der Waals surface area contributed by atoms with E-state index in [-0.39, 0.29) is 18.4 Å². The average Bonchev–Trinajstić information content (AvgIpc) is 3.01. The molecule has 0 spiro atoms. The monoisotopic (exact) mass is 259 g/mol. The fraction of sp³-hybridized carbons (Fsp3) is 0.818. The molecule has 0 aliphatic carbocycles. The number of hydrogen-bond donors (Lipinski definition) is 1. The summed E-state index contributed by atoms with van der Waals surface area (Å²) in [4.78, 5) is 4.50. The lowest BCUT2D eigenvalue weighted by atomic mass is 10.1. The van der Waals surface area contributed by atoms with Crippen molar-refractivity contribution in [2.24, 2.45) is 0 Å². The van der Waals surface area contributed by atoms with E-state index in [1.54, 1.807) is 0 Å². The highest BCUT2D eigenvalue weighted by atomic mass is 35.5. The van der Waals surface area contributed by atoms with Gasteiger partial charge in [0.25, 0.3) is 0 Å². The molecule has 3 heterocycles. The fourth-order valence-corrected chi connectivity index (χ4v) is 2.36. The number of nitrogens with zero attached hydrogens (tertiary/aromatic N) is 2. The highest BCUT2D eigenvalue weighted by Crippen LogP contribution is 2.26. The molecular weight excluding hydrogens is 242 g/mol. The maximum atomic E-state index is 5.34. The van der Waals surface area contributed by atoms with Crippen molar-refractivity contribution in [3.8, 4) is 0 Å². The molecule has 1 unspecified atom stereocenters. The second-order valence-corrected chi connectivity index (χ2v) is 4.55. The van der Waals surface area contributed by atoms with Crippen LogP contribution in [0.4, 0.5) is 0 Å². The first-order chi connectivity index (χ1) is 7.93. The Morgan fingerprint density at radius 2 is 2.18 bits per heavy atom. The van der Waals surface area contributed by atoms with Crippen molar-refractivity contribution in [1.29, 1.82) is 0 Å². The summed E-state index contributed by atoms with van der Waals surface area (Å²) < 4.78 is 10.7. The van der Waals surface area contributed by atoms with Crippen LogP contribution in [0.5, 0.6) is 0 Å². The molecule has 2 atom stereocenters. The van der Waals surface area contributed by atoms with Gasteiger partial charge in [-0.3, -0.25) is 0 Å². The second-order valence-electron chi connectivity index (χ2n) is 4.55. The summed E-state index contributed by atoms with van der Waals surface area (Å²) in [7, 11) is 0. The fourth-order valence-electron chi connectivity index (χ4n) is 2.36. The van der Waals surface area contributed by atoms with E-state index in [2.05, 4.69) is 15.5 Å². The predicted molar refractivity (Wildman–Crippen MR) is 64.3 cm³/mol. The molecule has 3 rings (SSSR count). The minimum Gasteiger partial charge on any atom is -0.381 e. The van der Waals surface area contributed by atoms with Crippen LogP contribution in [0.3, 0.4) is 0 Å². The number of ether oxygens (including phenoxy) is 1. The zero-order chi connectivity index (χ0) is 10.8. The first-order valence-corrected chi connectivity index (χ1v) is 6.08. The Balaban J connectivity index is 0.00000108. The van der Waals surface area contributed by atoms with Crippen LogP contribution in [0, 0.1) is 0 Å².